The Balaban J connectivity index is 2.03. The molecule has 2 N–H and O–H groups in total. The minimum Gasteiger partial charge on any atom is -0.495 e. The molecule has 0 radical (unpaired) electrons. The van der Waals surface area contributed by atoms with Crippen molar-refractivity contribution in [2.75, 3.05) is 12.9 Å². The summed E-state index contributed by atoms with van der Waals surface area (Å²) in [7, 11) is 1.57. The lowest BCUT2D eigenvalue weighted by Gasteiger charge is -2.16. The van der Waals surface area contributed by atoms with E-state index in [4.69, 9.17) is 15.5 Å². The average Bonchev–Trinajstić information content (AvgIpc) is 3.30. The molecule has 3 heterocycles. The summed E-state index contributed by atoms with van der Waals surface area (Å²) in [6, 6.07) is 9.23. The molecule has 138 valence electrons. The van der Waals surface area contributed by atoms with E-state index >= 15 is 0 Å². The van der Waals surface area contributed by atoms with Crippen LogP contribution < -0.4 is 16.0 Å². The highest BCUT2D eigenvalue weighted by atomic mass is 32.2. The van der Waals surface area contributed by atoms with Crippen molar-refractivity contribution < 1.29 is 9.53 Å². The molecule has 6 nitrogen and oxygen atoms in total. The molecule has 0 spiro atoms. The third kappa shape index (κ3) is 3.15. The molecule has 27 heavy (non-hydrogen) atoms. The van der Waals surface area contributed by atoms with Crippen molar-refractivity contribution in [3.05, 3.63) is 56.6 Å². The highest BCUT2D eigenvalue weighted by Crippen LogP contribution is 2.34. The van der Waals surface area contributed by atoms with Crippen molar-refractivity contribution >= 4 is 29.0 Å². The Labute approximate surface area is 164 Å². The first-order valence-corrected chi connectivity index (χ1v) is 10.2. The van der Waals surface area contributed by atoms with Gasteiger partial charge in [-0.05, 0) is 23.6 Å². The number of nitrogens with two attached hydrogens (primary N) is 1. The van der Waals surface area contributed by atoms with Gasteiger partial charge in [0.15, 0.2) is 0 Å². The summed E-state index contributed by atoms with van der Waals surface area (Å²) in [5.41, 5.74) is 7.47. The van der Waals surface area contributed by atoms with Gasteiger partial charge in [-0.2, -0.15) is 0 Å². The number of aryl methyl sites for hydroxylation is 1. The van der Waals surface area contributed by atoms with E-state index in [1.54, 1.807) is 11.7 Å². The number of rotatable bonds is 5. The summed E-state index contributed by atoms with van der Waals surface area (Å²) in [4.78, 5) is 31.1. The summed E-state index contributed by atoms with van der Waals surface area (Å²) < 4.78 is 7.06. The number of nitrogens with zero attached hydrogens (tertiary/aromatic N) is 2. The van der Waals surface area contributed by atoms with Crippen molar-refractivity contribution in [1.29, 1.82) is 0 Å². The Morgan fingerprint density at radius 1 is 1.33 bits per heavy atom. The van der Waals surface area contributed by atoms with E-state index in [9.17, 15) is 9.59 Å². The highest BCUT2D eigenvalue weighted by Gasteiger charge is 2.25. The summed E-state index contributed by atoms with van der Waals surface area (Å²) >= 11 is 2.96. The number of carbonyl (C=O) groups excluding carboxylic acids is 1. The maximum Gasteiger partial charge on any atom is 0.272 e. The van der Waals surface area contributed by atoms with E-state index in [1.807, 2.05) is 35.7 Å². The number of amides is 1. The normalized spacial score (nSPS) is 12.8. The molecule has 0 saturated heterocycles. The van der Waals surface area contributed by atoms with Gasteiger partial charge in [0.1, 0.15) is 11.6 Å². The lowest BCUT2D eigenvalue weighted by Crippen LogP contribution is -2.24. The van der Waals surface area contributed by atoms with Crippen LogP contribution in [0.25, 0.3) is 17.1 Å². The summed E-state index contributed by atoms with van der Waals surface area (Å²) in [5.74, 6) is 1.52. The number of benzene rings is 1. The maximum atomic E-state index is 13.3. The quantitative estimate of drug-likeness (QED) is 0.713. The van der Waals surface area contributed by atoms with Crippen LogP contribution in [0.15, 0.2) is 45.4 Å². The van der Waals surface area contributed by atoms with E-state index in [0.29, 0.717) is 22.2 Å². The van der Waals surface area contributed by atoms with Gasteiger partial charge in [-0.25, -0.2) is 4.98 Å². The lowest BCUT2D eigenvalue weighted by atomic mass is 10.1. The van der Waals surface area contributed by atoms with Crippen LogP contribution >= 0.6 is 23.1 Å². The van der Waals surface area contributed by atoms with Crippen LogP contribution in [0.4, 0.5) is 0 Å². The van der Waals surface area contributed by atoms with Gasteiger partial charge in [0.05, 0.1) is 29.8 Å². The van der Waals surface area contributed by atoms with Crippen molar-refractivity contribution in [1.82, 2.24) is 9.55 Å². The zero-order chi connectivity index (χ0) is 19.0. The molecule has 1 aliphatic rings. The molecule has 0 bridgehead atoms. The fourth-order valence-corrected chi connectivity index (χ4v) is 5.08. The van der Waals surface area contributed by atoms with Crippen LogP contribution in [-0.2, 0) is 17.6 Å². The van der Waals surface area contributed by atoms with Gasteiger partial charge in [0.25, 0.3) is 5.56 Å². The number of methoxy groups -OCH3 is 1. The number of hydrogen-bond donors (Lipinski definition) is 1. The zero-order valence-electron chi connectivity index (χ0n) is 14.6. The van der Waals surface area contributed by atoms with Gasteiger partial charge in [-0.15, -0.1) is 23.1 Å². The largest absolute Gasteiger partial charge is 0.495 e. The average molecular weight is 399 g/mol. The molecular formula is C19H17N3O3S2. The smallest absolute Gasteiger partial charge is 0.272 e. The number of aromatic nitrogens is 2. The van der Waals surface area contributed by atoms with Crippen LogP contribution in [0.2, 0.25) is 0 Å². The van der Waals surface area contributed by atoms with E-state index in [2.05, 4.69) is 0 Å². The van der Waals surface area contributed by atoms with Crippen molar-refractivity contribution in [2.45, 2.75) is 17.7 Å². The minimum absolute atomic E-state index is 0.112. The Hall–Kier alpha value is -2.58. The topological polar surface area (TPSA) is 87.2 Å². The van der Waals surface area contributed by atoms with Crippen LogP contribution in [0, 0.1) is 0 Å². The standard InChI is InChI=1S/C19H17N3O3S2/c1-25-14-5-3-2-4-13(14)22-18(11-6-8-26-15(11)10-16(20)23)21-12-7-9-27-17(12)19(22)24/h2-6,8H,7,9-10H2,1H3,(H2,20,23). The van der Waals surface area contributed by atoms with Gasteiger partial charge in [0.2, 0.25) is 5.91 Å². The maximum absolute atomic E-state index is 13.3. The lowest BCUT2D eigenvalue weighted by molar-refractivity contribution is -0.117. The summed E-state index contributed by atoms with van der Waals surface area (Å²) in [6.07, 6.45) is 0.866. The predicted octanol–water partition coefficient (Wildman–Crippen LogP) is 2.65. The SMILES string of the molecule is COc1ccccc1-n1c(-c2ccsc2CC(N)=O)nc2c(c1=O)SCC2. The number of para-hydroxylation sites is 2. The number of fused-ring (bicyclic) bond motifs is 1. The molecule has 1 aliphatic heterocycles. The first kappa shape index (κ1) is 17.8. The Bertz CT molecular complexity index is 1090. The third-order valence-electron chi connectivity index (χ3n) is 4.34. The predicted molar refractivity (Wildman–Crippen MR) is 107 cm³/mol. The Morgan fingerprint density at radius 3 is 2.93 bits per heavy atom. The molecule has 0 aliphatic carbocycles. The molecule has 0 atom stereocenters. The van der Waals surface area contributed by atoms with Crippen LogP contribution in [0.3, 0.4) is 0 Å². The summed E-state index contributed by atoms with van der Waals surface area (Å²) in [6.45, 7) is 0. The molecule has 1 aromatic carbocycles. The monoisotopic (exact) mass is 399 g/mol. The molecule has 0 saturated carbocycles. The van der Waals surface area contributed by atoms with E-state index < -0.39 is 5.91 Å². The number of thioether (sulfide) groups is 1. The molecule has 3 aromatic rings. The third-order valence-corrected chi connectivity index (χ3v) is 6.37. The highest BCUT2D eigenvalue weighted by molar-refractivity contribution is 7.99. The fourth-order valence-electron chi connectivity index (χ4n) is 3.17. The van der Waals surface area contributed by atoms with E-state index in [0.717, 1.165) is 28.3 Å². The summed E-state index contributed by atoms with van der Waals surface area (Å²) in [5, 5.41) is 1.88. The second-order valence-corrected chi connectivity index (χ2v) is 8.13. The number of hydrogen-bond acceptors (Lipinski definition) is 6. The first-order valence-electron chi connectivity index (χ1n) is 8.37. The van der Waals surface area contributed by atoms with Gasteiger partial charge in [-0.3, -0.25) is 14.2 Å². The van der Waals surface area contributed by atoms with Gasteiger partial charge in [0, 0.05) is 22.6 Å². The Morgan fingerprint density at radius 2 is 2.15 bits per heavy atom. The molecular weight excluding hydrogens is 382 g/mol. The Kier molecular flexibility index (Phi) is 4.75. The molecule has 1 amide bonds. The number of ether oxygens (including phenoxy) is 1. The van der Waals surface area contributed by atoms with Crippen molar-refractivity contribution in [3.63, 3.8) is 0 Å². The second-order valence-electron chi connectivity index (χ2n) is 6.02. The fraction of sp³-hybridized carbons (Fsp3) is 0.211. The van der Waals surface area contributed by atoms with E-state index in [-0.39, 0.29) is 12.0 Å². The molecule has 0 fully saturated rings. The number of carbonyl (C=O) groups is 1. The van der Waals surface area contributed by atoms with Gasteiger partial charge < -0.3 is 10.5 Å². The van der Waals surface area contributed by atoms with Crippen LogP contribution in [0.5, 0.6) is 5.75 Å². The van der Waals surface area contributed by atoms with Crippen LogP contribution in [0.1, 0.15) is 10.6 Å². The van der Waals surface area contributed by atoms with Gasteiger partial charge in [-0.1, -0.05) is 12.1 Å². The molecule has 0 unspecified atom stereocenters. The van der Waals surface area contributed by atoms with Gasteiger partial charge >= 0.3 is 0 Å². The second kappa shape index (κ2) is 7.21. The molecule has 2 aromatic heterocycles. The van der Waals surface area contributed by atoms with Crippen LogP contribution in [-0.4, -0.2) is 28.3 Å². The molecule has 4 rings (SSSR count). The molecule has 8 heteroatoms. The first-order chi connectivity index (χ1) is 13.1. The minimum atomic E-state index is -0.415. The van der Waals surface area contributed by atoms with E-state index in [1.165, 1.54) is 23.1 Å². The number of primary amides is 1. The van der Waals surface area contributed by atoms with Crippen molar-refractivity contribution in [3.8, 4) is 22.8 Å². The zero-order valence-corrected chi connectivity index (χ0v) is 16.2. The van der Waals surface area contributed by atoms with Crippen molar-refractivity contribution in [2.24, 2.45) is 5.73 Å². The number of thiophene rings is 1.